The van der Waals surface area contributed by atoms with Crippen molar-refractivity contribution in [3.63, 3.8) is 0 Å². The van der Waals surface area contributed by atoms with Crippen LogP contribution in [0.1, 0.15) is 42.9 Å². The van der Waals surface area contributed by atoms with Crippen LogP contribution in [0, 0.1) is 0 Å². The summed E-state index contributed by atoms with van der Waals surface area (Å²) in [5, 5.41) is 10.6. The van der Waals surface area contributed by atoms with Crippen molar-refractivity contribution in [2.45, 2.75) is 50.9 Å². The Balaban J connectivity index is 1.28. The number of halogens is 1. The van der Waals surface area contributed by atoms with Crippen LogP contribution in [0.4, 0.5) is 4.79 Å². The molecule has 3 aromatic carbocycles. The molecule has 2 N–H and O–H groups in total. The Kier molecular flexibility index (Phi) is 8.15. The number of H-pyrrole nitrogens is 1. The molecule has 7 nitrogen and oxygen atoms in total. The largest absolute Gasteiger partial charge is 0.465 e. The van der Waals surface area contributed by atoms with E-state index in [2.05, 4.69) is 46.3 Å². The van der Waals surface area contributed by atoms with E-state index in [0.717, 1.165) is 48.5 Å². The number of piperidine rings is 1. The van der Waals surface area contributed by atoms with Gasteiger partial charge in [-0.3, -0.25) is 9.47 Å². The molecular formula is C30H33ClN4O3. The minimum Gasteiger partial charge on any atom is -0.465 e. The summed E-state index contributed by atoms with van der Waals surface area (Å²) in [6.45, 7) is 2.85. The molecule has 1 amide bonds. The summed E-state index contributed by atoms with van der Waals surface area (Å²) in [7, 11) is 0. The Labute approximate surface area is 227 Å². The standard InChI is InChI=1S/C30H33ClN4O3/c31-24-14-12-23(13-15-24)21-33(20-22-7-2-1-3-8-22)17-6-9-25-19-26(16-18-34(25)30(37)38)35-28-11-5-4-10-27(28)32-29(35)36/h1-5,7-8,10-15,25-26H,6,9,16-21H2,(H,32,36)(H,37,38). The van der Waals surface area contributed by atoms with Crippen LogP contribution in [0.15, 0.2) is 83.7 Å². The van der Waals surface area contributed by atoms with Gasteiger partial charge in [0.25, 0.3) is 0 Å². The first-order valence-electron chi connectivity index (χ1n) is 13.2. The Hall–Kier alpha value is -3.55. The second-order valence-corrected chi connectivity index (χ2v) is 10.5. The van der Waals surface area contributed by atoms with Gasteiger partial charge in [-0.1, -0.05) is 66.2 Å². The van der Waals surface area contributed by atoms with E-state index in [-0.39, 0.29) is 17.8 Å². The van der Waals surface area contributed by atoms with Gasteiger partial charge in [-0.05, 0) is 67.6 Å². The number of aromatic amines is 1. The van der Waals surface area contributed by atoms with E-state index in [0.29, 0.717) is 19.4 Å². The average molecular weight is 533 g/mol. The number of nitrogens with zero attached hydrogens (tertiary/aromatic N) is 3. The van der Waals surface area contributed by atoms with Gasteiger partial charge in [0.15, 0.2) is 0 Å². The molecule has 0 aliphatic carbocycles. The number of carbonyl (C=O) groups is 1. The van der Waals surface area contributed by atoms with E-state index in [1.54, 1.807) is 4.90 Å². The molecule has 2 heterocycles. The van der Waals surface area contributed by atoms with Crippen LogP contribution >= 0.6 is 11.6 Å². The Morgan fingerprint density at radius 3 is 2.39 bits per heavy atom. The van der Waals surface area contributed by atoms with Crippen LogP contribution in [0.3, 0.4) is 0 Å². The van der Waals surface area contributed by atoms with Crippen LogP contribution in [-0.4, -0.2) is 49.7 Å². The van der Waals surface area contributed by atoms with Crippen molar-refractivity contribution in [2.24, 2.45) is 0 Å². The second kappa shape index (κ2) is 11.9. The highest BCUT2D eigenvalue weighted by molar-refractivity contribution is 6.30. The van der Waals surface area contributed by atoms with Crippen LogP contribution < -0.4 is 5.69 Å². The summed E-state index contributed by atoms with van der Waals surface area (Å²) in [6, 6.07) is 25.8. The van der Waals surface area contributed by atoms with Crippen LogP contribution in [0.5, 0.6) is 0 Å². The highest BCUT2D eigenvalue weighted by Crippen LogP contribution is 2.31. The first-order valence-corrected chi connectivity index (χ1v) is 13.6. The van der Waals surface area contributed by atoms with Crippen molar-refractivity contribution in [1.29, 1.82) is 0 Å². The molecule has 5 rings (SSSR count). The maximum Gasteiger partial charge on any atom is 0.407 e. The molecule has 198 valence electrons. The Morgan fingerprint density at radius 1 is 0.974 bits per heavy atom. The summed E-state index contributed by atoms with van der Waals surface area (Å²) in [4.78, 5) is 31.8. The van der Waals surface area contributed by atoms with Crippen LogP contribution in [0.25, 0.3) is 11.0 Å². The maximum atomic E-state index is 12.8. The number of fused-ring (bicyclic) bond motifs is 1. The number of nitrogens with one attached hydrogen (secondary N) is 1. The van der Waals surface area contributed by atoms with Gasteiger partial charge >= 0.3 is 11.8 Å². The highest BCUT2D eigenvalue weighted by atomic mass is 35.5. The van der Waals surface area contributed by atoms with E-state index in [4.69, 9.17) is 11.6 Å². The van der Waals surface area contributed by atoms with E-state index < -0.39 is 6.09 Å². The van der Waals surface area contributed by atoms with E-state index in [9.17, 15) is 14.7 Å². The summed E-state index contributed by atoms with van der Waals surface area (Å²) < 4.78 is 1.82. The van der Waals surface area contributed by atoms with E-state index in [1.165, 1.54) is 11.1 Å². The summed E-state index contributed by atoms with van der Waals surface area (Å²) in [5.41, 5.74) is 3.99. The molecule has 1 aliphatic heterocycles. The fraction of sp³-hybridized carbons (Fsp3) is 0.333. The van der Waals surface area contributed by atoms with Crippen molar-refractivity contribution in [2.75, 3.05) is 13.1 Å². The third kappa shape index (κ3) is 6.11. The third-order valence-corrected chi connectivity index (χ3v) is 7.76. The summed E-state index contributed by atoms with van der Waals surface area (Å²) >= 11 is 6.09. The summed E-state index contributed by atoms with van der Waals surface area (Å²) in [6.07, 6.45) is 1.96. The van der Waals surface area contributed by atoms with Gasteiger partial charge in [-0.15, -0.1) is 0 Å². The minimum atomic E-state index is -0.887. The van der Waals surface area contributed by atoms with Gasteiger partial charge in [0.1, 0.15) is 0 Å². The molecular weight excluding hydrogens is 500 g/mol. The number of likely N-dealkylation sites (tertiary alicyclic amines) is 1. The molecule has 0 bridgehead atoms. The highest BCUT2D eigenvalue weighted by Gasteiger charge is 2.33. The molecule has 8 heteroatoms. The lowest BCUT2D eigenvalue weighted by atomic mass is 9.93. The molecule has 0 saturated carbocycles. The lowest BCUT2D eigenvalue weighted by Crippen LogP contribution is -2.47. The predicted octanol–water partition coefficient (Wildman–Crippen LogP) is 6.15. The van der Waals surface area contributed by atoms with Gasteiger partial charge in [0.05, 0.1) is 11.0 Å². The monoisotopic (exact) mass is 532 g/mol. The SMILES string of the molecule is O=C(O)N1CCC(n2c(=O)[nH]c3ccccc32)CC1CCCN(Cc1ccccc1)Cc1ccc(Cl)cc1. The molecule has 2 atom stereocenters. The fourth-order valence-electron chi connectivity index (χ4n) is 5.68. The van der Waals surface area contributed by atoms with Gasteiger partial charge in [0, 0.05) is 36.7 Å². The molecule has 4 aromatic rings. The zero-order valence-corrected chi connectivity index (χ0v) is 22.1. The molecule has 1 saturated heterocycles. The first kappa shape index (κ1) is 26.1. The van der Waals surface area contributed by atoms with Crippen LogP contribution in [-0.2, 0) is 13.1 Å². The van der Waals surface area contributed by atoms with Crippen molar-refractivity contribution in [1.82, 2.24) is 19.4 Å². The van der Waals surface area contributed by atoms with Gasteiger partial charge in [-0.25, -0.2) is 9.59 Å². The minimum absolute atomic E-state index is 0.0336. The zero-order valence-electron chi connectivity index (χ0n) is 21.3. The number of hydrogen-bond donors (Lipinski definition) is 2. The molecule has 38 heavy (non-hydrogen) atoms. The van der Waals surface area contributed by atoms with Crippen LogP contribution in [0.2, 0.25) is 5.02 Å². The predicted molar refractivity (Wildman–Crippen MR) is 151 cm³/mol. The van der Waals surface area contributed by atoms with Gasteiger partial charge < -0.3 is 15.0 Å². The zero-order chi connectivity index (χ0) is 26.5. The smallest absolute Gasteiger partial charge is 0.407 e. The second-order valence-electron chi connectivity index (χ2n) is 10.1. The number of rotatable bonds is 9. The van der Waals surface area contributed by atoms with Crippen molar-refractivity contribution >= 4 is 28.7 Å². The van der Waals surface area contributed by atoms with E-state index in [1.807, 2.05) is 47.0 Å². The third-order valence-electron chi connectivity index (χ3n) is 7.50. The number of carboxylic acid groups (broad SMARTS) is 1. The number of amides is 1. The molecule has 1 aliphatic rings. The van der Waals surface area contributed by atoms with Crippen molar-refractivity contribution in [3.8, 4) is 0 Å². The van der Waals surface area contributed by atoms with Crippen molar-refractivity contribution < 1.29 is 9.90 Å². The quantitative estimate of drug-likeness (QED) is 0.271. The lowest BCUT2D eigenvalue weighted by Gasteiger charge is -2.38. The maximum absolute atomic E-state index is 12.8. The first-order chi connectivity index (χ1) is 18.5. The van der Waals surface area contributed by atoms with Gasteiger partial charge in [0.2, 0.25) is 0 Å². The lowest BCUT2D eigenvalue weighted by molar-refractivity contribution is 0.0853. The molecule has 2 unspecified atom stereocenters. The number of imidazole rings is 1. The number of para-hydroxylation sites is 2. The summed E-state index contributed by atoms with van der Waals surface area (Å²) in [5.74, 6) is 0. The molecule has 1 aromatic heterocycles. The normalized spacial score (nSPS) is 17.8. The average Bonchev–Trinajstić information content (AvgIpc) is 3.26. The molecule has 1 fully saturated rings. The molecule has 0 radical (unpaired) electrons. The fourth-order valence-corrected chi connectivity index (χ4v) is 5.81. The van der Waals surface area contributed by atoms with E-state index >= 15 is 0 Å². The Bertz CT molecular complexity index is 1420. The number of benzene rings is 3. The Morgan fingerprint density at radius 2 is 1.66 bits per heavy atom. The number of aromatic nitrogens is 2. The topological polar surface area (TPSA) is 81.6 Å². The van der Waals surface area contributed by atoms with Gasteiger partial charge in [-0.2, -0.15) is 0 Å². The van der Waals surface area contributed by atoms with Crippen molar-refractivity contribution in [3.05, 3.63) is 105 Å². The number of hydrogen-bond acceptors (Lipinski definition) is 3. The molecule has 0 spiro atoms.